The first-order valence-electron chi connectivity index (χ1n) is 7.75. The lowest BCUT2D eigenvalue weighted by Crippen LogP contribution is -2.35. The van der Waals surface area contributed by atoms with Crippen LogP contribution in [0.2, 0.25) is 0 Å². The van der Waals surface area contributed by atoms with Crippen molar-refractivity contribution in [3.05, 3.63) is 0 Å². The molecule has 2 rings (SSSR count). The van der Waals surface area contributed by atoms with E-state index in [4.69, 9.17) is 0 Å². The third kappa shape index (κ3) is 5.40. The summed E-state index contributed by atoms with van der Waals surface area (Å²) in [5, 5.41) is 3.37. The van der Waals surface area contributed by atoms with E-state index in [2.05, 4.69) is 5.32 Å². The fourth-order valence-electron chi connectivity index (χ4n) is 2.85. The van der Waals surface area contributed by atoms with Crippen LogP contribution in [0.15, 0.2) is 0 Å². The van der Waals surface area contributed by atoms with Gasteiger partial charge in [0.05, 0.1) is 5.75 Å². The number of sulfonamides is 1. The van der Waals surface area contributed by atoms with Crippen molar-refractivity contribution in [3.63, 3.8) is 0 Å². The zero-order valence-corrected chi connectivity index (χ0v) is 12.9. The monoisotopic (exact) mass is 288 g/mol. The van der Waals surface area contributed by atoms with Crippen LogP contribution in [-0.4, -0.2) is 44.7 Å². The summed E-state index contributed by atoms with van der Waals surface area (Å²) in [4.78, 5) is 0. The van der Waals surface area contributed by atoms with E-state index in [1.54, 1.807) is 11.4 Å². The summed E-state index contributed by atoms with van der Waals surface area (Å²) < 4.78 is 25.9. The van der Waals surface area contributed by atoms with Crippen molar-refractivity contribution >= 4 is 10.0 Å². The third-order valence-corrected chi connectivity index (χ3v) is 6.21. The first-order chi connectivity index (χ1) is 9.08. The Bertz CT molecular complexity index is 360. The van der Waals surface area contributed by atoms with Crippen LogP contribution >= 0.6 is 0 Å². The van der Waals surface area contributed by atoms with Gasteiger partial charge in [-0.25, -0.2) is 12.7 Å². The Labute approximate surface area is 118 Å². The topological polar surface area (TPSA) is 49.4 Å². The van der Waals surface area contributed by atoms with E-state index < -0.39 is 10.0 Å². The summed E-state index contributed by atoms with van der Waals surface area (Å²) in [6.45, 7) is 1.56. The van der Waals surface area contributed by atoms with Gasteiger partial charge in [0.15, 0.2) is 0 Å². The van der Waals surface area contributed by atoms with Gasteiger partial charge in [0.2, 0.25) is 10.0 Å². The predicted octanol–water partition coefficient (Wildman–Crippen LogP) is 1.97. The number of nitrogens with zero attached hydrogens (tertiary/aromatic N) is 1. The van der Waals surface area contributed by atoms with Crippen LogP contribution < -0.4 is 5.32 Å². The molecule has 0 radical (unpaired) electrons. The van der Waals surface area contributed by atoms with Crippen molar-refractivity contribution in [3.8, 4) is 0 Å². The Morgan fingerprint density at radius 1 is 1.11 bits per heavy atom. The largest absolute Gasteiger partial charge is 0.314 e. The molecule has 0 amide bonds. The SMILES string of the molecule is CN(CC1CCCCC1)S(=O)(=O)CCCNC1CC1. The van der Waals surface area contributed by atoms with E-state index in [1.165, 1.54) is 44.9 Å². The summed E-state index contributed by atoms with van der Waals surface area (Å²) in [5.74, 6) is 0.869. The van der Waals surface area contributed by atoms with Gasteiger partial charge < -0.3 is 5.32 Å². The molecule has 2 fully saturated rings. The Balaban J connectivity index is 1.67. The maximum absolute atomic E-state index is 12.2. The first kappa shape index (κ1) is 15.3. The molecule has 4 nitrogen and oxygen atoms in total. The minimum Gasteiger partial charge on any atom is -0.314 e. The fourth-order valence-corrected chi connectivity index (χ4v) is 4.11. The van der Waals surface area contributed by atoms with Crippen molar-refractivity contribution in [2.75, 3.05) is 25.9 Å². The van der Waals surface area contributed by atoms with E-state index in [-0.39, 0.29) is 5.75 Å². The van der Waals surface area contributed by atoms with Crippen molar-refractivity contribution in [2.24, 2.45) is 5.92 Å². The molecule has 0 saturated heterocycles. The lowest BCUT2D eigenvalue weighted by Gasteiger charge is -2.26. The quantitative estimate of drug-likeness (QED) is 0.695. The van der Waals surface area contributed by atoms with Gasteiger partial charge in [-0.15, -0.1) is 0 Å². The zero-order valence-electron chi connectivity index (χ0n) is 12.1. The van der Waals surface area contributed by atoms with Gasteiger partial charge in [0.1, 0.15) is 0 Å². The summed E-state index contributed by atoms with van der Waals surface area (Å²) in [7, 11) is -1.30. The highest BCUT2D eigenvalue weighted by Crippen LogP contribution is 2.24. The molecular formula is C14H28N2O2S. The van der Waals surface area contributed by atoms with E-state index >= 15 is 0 Å². The second kappa shape index (κ2) is 7.04. The van der Waals surface area contributed by atoms with E-state index in [0.29, 0.717) is 12.0 Å². The van der Waals surface area contributed by atoms with Gasteiger partial charge in [-0.2, -0.15) is 0 Å². The Hall–Kier alpha value is -0.130. The number of hydrogen-bond donors (Lipinski definition) is 1. The number of nitrogens with one attached hydrogen (secondary N) is 1. The zero-order chi connectivity index (χ0) is 13.7. The van der Waals surface area contributed by atoms with Gasteiger partial charge in [-0.05, 0) is 44.6 Å². The predicted molar refractivity (Wildman–Crippen MR) is 78.6 cm³/mol. The van der Waals surface area contributed by atoms with Crippen LogP contribution in [0.25, 0.3) is 0 Å². The fraction of sp³-hybridized carbons (Fsp3) is 1.00. The molecule has 2 aliphatic carbocycles. The van der Waals surface area contributed by atoms with Crippen LogP contribution in [-0.2, 0) is 10.0 Å². The highest BCUT2D eigenvalue weighted by molar-refractivity contribution is 7.89. The van der Waals surface area contributed by atoms with Crippen molar-refractivity contribution in [2.45, 2.75) is 57.4 Å². The maximum atomic E-state index is 12.2. The third-order valence-electron chi connectivity index (χ3n) is 4.30. The molecule has 0 spiro atoms. The molecule has 0 aromatic rings. The molecule has 0 aromatic carbocycles. The molecule has 0 heterocycles. The normalized spacial score (nSPS) is 22.0. The van der Waals surface area contributed by atoms with Gasteiger partial charge in [0, 0.05) is 19.6 Å². The minimum absolute atomic E-state index is 0.288. The molecule has 0 atom stereocenters. The number of hydrogen-bond acceptors (Lipinski definition) is 3. The first-order valence-corrected chi connectivity index (χ1v) is 9.36. The summed E-state index contributed by atoms with van der Waals surface area (Å²) in [5.41, 5.74) is 0. The minimum atomic E-state index is -3.04. The summed E-state index contributed by atoms with van der Waals surface area (Å²) in [6, 6.07) is 0.669. The van der Waals surface area contributed by atoms with Crippen LogP contribution in [0.3, 0.4) is 0 Å². The van der Waals surface area contributed by atoms with Crippen LogP contribution in [0, 0.1) is 5.92 Å². The van der Waals surface area contributed by atoms with Gasteiger partial charge in [-0.1, -0.05) is 19.3 Å². The molecular weight excluding hydrogens is 260 g/mol. The molecule has 2 aliphatic rings. The average molecular weight is 288 g/mol. The molecule has 19 heavy (non-hydrogen) atoms. The highest BCUT2D eigenvalue weighted by atomic mass is 32.2. The van der Waals surface area contributed by atoms with Crippen molar-refractivity contribution in [1.29, 1.82) is 0 Å². The van der Waals surface area contributed by atoms with Crippen molar-refractivity contribution < 1.29 is 8.42 Å². The standard InChI is InChI=1S/C14H28N2O2S/c1-16(12-13-6-3-2-4-7-13)19(17,18)11-5-10-15-14-8-9-14/h13-15H,2-12H2,1H3. The molecule has 2 saturated carbocycles. The lowest BCUT2D eigenvalue weighted by atomic mass is 9.89. The average Bonchev–Trinajstić information content (AvgIpc) is 3.20. The molecule has 0 aromatic heterocycles. The summed E-state index contributed by atoms with van der Waals surface area (Å²) in [6.07, 6.45) is 9.50. The molecule has 5 heteroatoms. The molecule has 0 unspecified atom stereocenters. The summed E-state index contributed by atoms with van der Waals surface area (Å²) >= 11 is 0. The van der Waals surface area contributed by atoms with Crippen LogP contribution in [0.1, 0.15) is 51.4 Å². The molecule has 112 valence electrons. The van der Waals surface area contributed by atoms with E-state index in [9.17, 15) is 8.42 Å². The lowest BCUT2D eigenvalue weighted by molar-refractivity contribution is 0.300. The second-order valence-corrected chi connectivity index (χ2v) is 8.38. The smallest absolute Gasteiger partial charge is 0.213 e. The van der Waals surface area contributed by atoms with Crippen LogP contribution in [0.4, 0.5) is 0 Å². The molecule has 0 bridgehead atoms. The molecule has 0 aliphatic heterocycles. The van der Waals surface area contributed by atoms with Crippen LogP contribution in [0.5, 0.6) is 0 Å². The number of rotatable bonds is 8. The van der Waals surface area contributed by atoms with Gasteiger partial charge >= 0.3 is 0 Å². The van der Waals surface area contributed by atoms with Crippen molar-refractivity contribution in [1.82, 2.24) is 9.62 Å². The van der Waals surface area contributed by atoms with Gasteiger partial charge in [0.25, 0.3) is 0 Å². The molecule has 1 N–H and O–H groups in total. The van der Waals surface area contributed by atoms with E-state index in [1.807, 2.05) is 0 Å². The van der Waals surface area contributed by atoms with Gasteiger partial charge in [-0.3, -0.25) is 0 Å². The Morgan fingerprint density at radius 3 is 2.42 bits per heavy atom. The Kier molecular flexibility index (Phi) is 5.66. The van der Waals surface area contributed by atoms with E-state index in [0.717, 1.165) is 19.5 Å². The highest BCUT2D eigenvalue weighted by Gasteiger charge is 2.23. The Morgan fingerprint density at radius 2 is 1.79 bits per heavy atom. The second-order valence-electron chi connectivity index (χ2n) is 6.18. The maximum Gasteiger partial charge on any atom is 0.213 e.